The number of rotatable bonds is 6. The molecule has 124 valence electrons. The first-order valence-electron chi connectivity index (χ1n) is 7.42. The molecule has 0 N–H and O–H groups in total. The second-order valence-corrected chi connectivity index (χ2v) is 9.72. The lowest BCUT2D eigenvalue weighted by molar-refractivity contribution is -0.419. The van der Waals surface area contributed by atoms with Crippen LogP contribution in [-0.2, 0) is 0 Å². The van der Waals surface area contributed by atoms with Crippen molar-refractivity contribution < 1.29 is 4.92 Å². The van der Waals surface area contributed by atoms with Crippen LogP contribution in [0.2, 0.25) is 0 Å². The second kappa shape index (κ2) is 9.07. The Kier molecular flexibility index (Phi) is 7.74. The van der Waals surface area contributed by atoms with Crippen LogP contribution in [-0.4, -0.2) is 15.4 Å². The van der Waals surface area contributed by atoms with Crippen LogP contribution in [0.15, 0.2) is 19.5 Å². The first kappa shape index (κ1) is 18.8. The third kappa shape index (κ3) is 5.23. The van der Waals surface area contributed by atoms with Crippen molar-refractivity contribution in [1.82, 2.24) is 0 Å². The molecule has 0 unspecified atom stereocenters. The molecule has 0 aromatic rings. The fourth-order valence-electron chi connectivity index (χ4n) is 2.79. The minimum Gasteiger partial charge on any atom is -0.258 e. The molecule has 0 radical (unpaired) electrons. The quantitative estimate of drug-likeness (QED) is 0.283. The average Bonchev–Trinajstić information content (AvgIpc) is 3.11. The van der Waals surface area contributed by atoms with E-state index in [2.05, 4.69) is 0 Å². The molecule has 0 spiro atoms. The molecule has 2 rings (SSSR count). The Bertz CT molecular complexity index is 460. The summed E-state index contributed by atoms with van der Waals surface area (Å²) in [4.78, 5) is 11.1. The van der Waals surface area contributed by atoms with E-state index in [4.69, 9.17) is 34.8 Å². The molecule has 2 aliphatic rings. The van der Waals surface area contributed by atoms with Gasteiger partial charge in [-0.25, -0.2) is 0 Å². The maximum absolute atomic E-state index is 11.5. The van der Waals surface area contributed by atoms with Gasteiger partial charge in [0.15, 0.2) is 5.03 Å². The number of nitrogens with zero attached hydrogens (tertiary/aromatic N) is 1. The van der Waals surface area contributed by atoms with Gasteiger partial charge in [0.05, 0.1) is 4.92 Å². The van der Waals surface area contributed by atoms with Crippen LogP contribution < -0.4 is 0 Å². The molecular formula is C14H18Cl3NO2S2. The molecule has 0 saturated heterocycles. The summed E-state index contributed by atoms with van der Waals surface area (Å²) in [6, 6.07) is 0. The summed E-state index contributed by atoms with van der Waals surface area (Å²) in [5.74, 6) is 0. The number of nitro groups is 1. The normalized spacial score (nSPS) is 19.4. The molecule has 3 nitrogen and oxygen atoms in total. The standard InChI is InChI=1S/C14H18Cl3NO2S2/c15-11(13(16)17)12(18(19)20)14(21-9-5-1-2-6-9)22-10-7-3-4-8-10/h9-10H,1-8H2. The van der Waals surface area contributed by atoms with Crippen LogP contribution in [0.5, 0.6) is 0 Å². The van der Waals surface area contributed by atoms with E-state index >= 15 is 0 Å². The number of hydrogen-bond acceptors (Lipinski definition) is 4. The zero-order valence-electron chi connectivity index (χ0n) is 12.0. The summed E-state index contributed by atoms with van der Waals surface area (Å²) in [7, 11) is 0. The molecule has 0 atom stereocenters. The first-order valence-corrected chi connectivity index (χ1v) is 10.3. The second-order valence-electron chi connectivity index (χ2n) is 5.52. The minimum atomic E-state index is -0.452. The van der Waals surface area contributed by atoms with Gasteiger partial charge in [0.2, 0.25) is 0 Å². The fourth-order valence-corrected chi connectivity index (χ4v) is 6.60. The van der Waals surface area contributed by atoms with Gasteiger partial charge in [0, 0.05) is 10.5 Å². The molecule has 0 aromatic carbocycles. The van der Waals surface area contributed by atoms with Crippen molar-refractivity contribution in [1.29, 1.82) is 0 Å². The van der Waals surface area contributed by atoms with E-state index in [9.17, 15) is 10.1 Å². The van der Waals surface area contributed by atoms with Gasteiger partial charge < -0.3 is 0 Å². The predicted octanol–water partition coefficient (Wildman–Crippen LogP) is 6.67. The SMILES string of the molecule is O=[N+]([O-])C(=C(SC1CCCC1)SC1CCCC1)C(Cl)=C(Cl)Cl. The summed E-state index contributed by atoms with van der Waals surface area (Å²) in [5.41, 5.74) is -0.129. The maximum Gasteiger partial charge on any atom is 0.310 e. The zero-order chi connectivity index (χ0) is 16.1. The number of halogens is 3. The molecule has 2 saturated carbocycles. The van der Waals surface area contributed by atoms with E-state index in [-0.39, 0.29) is 15.2 Å². The summed E-state index contributed by atoms with van der Waals surface area (Å²) in [5, 5.41) is 12.2. The minimum absolute atomic E-state index is 0.129. The molecule has 0 bridgehead atoms. The Morgan fingerprint density at radius 3 is 1.64 bits per heavy atom. The Hall–Kier alpha value is 0.450. The monoisotopic (exact) mass is 401 g/mol. The van der Waals surface area contributed by atoms with E-state index in [1.54, 1.807) is 23.5 Å². The van der Waals surface area contributed by atoms with Gasteiger partial charge in [-0.2, -0.15) is 0 Å². The van der Waals surface area contributed by atoms with Gasteiger partial charge in [0.25, 0.3) is 0 Å². The number of allylic oxidation sites excluding steroid dienone is 1. The molecule has 0 heterocycles. The van der Waals surface area contributed by atoms with Crippen molar-refractivity contribution in [2.75, 3.05) is 0 Å². The van der Waals surface area contributed by atoms with Crippen LogP contribution in [0.3, 0.4) is 0 Å². The highest BCUT2D eigenvalue weighted by atomic mass is 35.5. The highest BCUT2D eigenvalue weighted by molar-refractivity contribution is 8.22. The largest absolute Gasteiger partial charge is 0.310 e. The third-order valence-electron chi connectivity index (χ3n) is 3.90. The summed E-state index contributed by atoms with van der Waals surface area (Å²) in [6.45, 7) is 0. The van der Waals surface area contributed by atoms with Crippen LogP contribution >= 0.6 is 58.3 Å². The number of hydrogen-bond donors (Lipinski definition) is 0. The van der Waals surface area contributed by atoms with Crippen molar-refractivity contribution in [3.05, 3.63) is 29.6 Å². The maximum atomic E-state index is 11.5. The smallest absolute Gasteiger partial charge is 0.258 e. The Labute approximate surface area is 154 Å². The molecule has 2 aliphatic carbocycles. The average molecular weight is 403 g/mol. The summed E-state index contributed by atoms with van der Waals surface area (Å²) < 4.78 is 0.428. The summed E-state index contributed by atoms with van der Waals surface area (Å²) >= 11 is 20.6. The van der Waals surface area contributed by atoms with Gasteiger partial charge in [-0.1, -0.05) is 60.5 Å². The van der Waals surface area contributed by atoms with Gasteiger partial charge in [-0.3, -0.25) is 10.1 Å². The molecule has 0 aromatic heterocycles. The molecular weight excluding hydrogens is 385 g/mol. The predicted molar refractivity (Wildman–Crippen MR) is 98.3 cm³/mol. The molecule has 22 heavy (non-hydrogen) atoms. The van der Waals surface area contributed by atoms with E-state index in [1.165, 1.54) is 25.7 Å². The topological polar surface area (TPSA) is 43.1 Å². The molecule has 0 amide bonds. The highest BCUT2D eigenvalue weighted by Gasteiger charge is 2.31. The first-order chi connectivity index (χ1) is 10.5. The number of thioether (sulfide) groups is 2. The van der Waals surface area contributed by atoms with Gasteiger partial charge in [-0.05, 0) is 25.7 Å². The molecule has 2 fully saturated rings. The van der Waals surface area contributed by atoms with Crippen molar-refractivity contribution in [2.45, 2.75) is 61.9 Å². The van der Waals surface area contributed by atoms with Crippen LogP contribution in [0.1, 0.15) is 51.4 Å². The van der Waals surface area contributed by atoms with Crippen molar-refractivity contribution >= 4 is 58.3 Å². The van der Waals surface area contributed by atoms with E-state index < -0.39 is 4.92 Å². The van der Waals surface area contributed by atoms with E-state index in [1.807, 2.05) is 0 Å². The Morgan fingerprint density at radius 1 is 0.909 bits per heavy atom. The van der Waals surface area contributed by atoms with Crippen LogP contribution in [0, 0.1) is 10.1 Å². The Morgan fingerprint density at radius 2 is 1.32 bits per heavy atom. The van der Waals surface area contributed by atoms with Crippen molar-refractivity contribution in [3.8, 4) is 0 Å². The molecule has 0 aliphatic heterocycles. The zero-order valence-corrected chi connectivity index (χ0v) is 15.9. The highest BCUT2D eigenvalue weighted by Crippen LogP contribution is 2.47. The van der Waals surface area contributed by atoms with Crippen LogP contribution in [0.4, 0.5) is 0 Å². The molecule has 8 heteroatoms. The lowest BCUT2D eigenvalue weighted by Gasteiger charge is -2.16. The van der Waals surface area contributed by atoms with E-state index in [0.29, 0.717) is 14.7 Å². The lowest BCUT2D eigenvalue weighted by Crippen LogP contribution is -2.06. The van der Waals surface area contributed by atoms with Gasteiger partial charge >= 0.3 is 5.70 Å². The van der Waals surface area contributed by atoms with E-state index in [0.717, 1.165) is 25.7 Å². The van der Waals surface area contributed by atoms with Gasteiger partial charge in [0.1, 0.15) is 8.73 Å². The Balaban J connectivity index is 2.30. The van der Waals surface area contributed by atoms with Gasteiger partial charge in [-0.15, -0.1) is 23.5 Å². The third-order valence-corrected chi connectivity index (χ3v) is 7.84. The van der Waals surface area contributed by atoms with Crippen molar-refractivity contribution in [2.24, 2.45) is 0 Å². The van der Waals surface area contributed by atoms with Crippen molar-refractivity contribution in [3.63, 3.8) is 0 Å². The lowest BCUT2D eigenvalue weighted by atomic mass is 10.4. The summed E-state index contributed by atoms with van der Waals surface area (Å²) in [6.07, 6.45) is 9.14. The van der Waals surface area contributed by atoms with Crippen LogP contribution in [0.25, 0.3) is 0 Å². The fraction of sp³-hybridized carbons (Fsp3) is 0.714.